The molecule has 0 radical (unpaired) electrons. The predicted molar refractivity (Wildman–Crippen MR) is 71.6 cm³/mol. The van der Waals surface area contributed by atoms with Crippen molar-refractivity contribution in [2.45, 2.75) is 12.3 Å². The molecule has 110 valence electrons. The van der Waals surface area contributed by atoms with Crippen molar-refractivity contribution in [2.75, 3.05) is 5.73 Å². The maximum absolute atomic E-state index is 12.5. The minimum absolute atomic E-state index is 0.139. The minimum atomic E-state index is -4.53. The Labute approximate surface area is 118 Å². The number of hydrogen-bond acceptors (Lipinski definition) is 3. The van der Waals surface area contributed by atoms with Gasteiger partial charge in [-0.15, -0.1) is 0 Å². The highest BCUT2D eigenvalue weighted by atomic mass is 19.4. The van der Waals surface area contributed by atoms with Crippen molar-refractivity contribution in [1.29, 1.82) is 0 Å². The van der Waals surface area contributed by atoms with E-state index in [9.17, 15) is 23.1 Å². The van der Waals surface area contributed by atoms with Gasteiger partial charge in [-0.05, 0) is 23.8 Å². The van der Waals surface area contributed by atoms with Gasteiger partial charge in [-0.25, -0.2) is 0 Å². The highest BCUT2D eigenvalue weighted by Crippen LogP contribution is 2.32. The van der Waals surface area contributed by atoms with Gasteiger partial charge in [0.05, 0.1) is 5.56 Å². The van der Waals surface area contributed by atoms with E-state index >= 15 is 0 Å². The Hall–Kier alpha value is -2.34. The van der Waals surface area contributed by atoms with Gasteiger partial charge in [0.2, 0.25) is 0 Å². The molecule has 2 aromatic rings. The summed E-state index contributed by atoms with van der Waals surface area (Å²) in [6, 6.07) is 10.5. The van der Waals surface area contributed by atoms with Gasteiger partial charge in [-0.2, -0.15) is 13.2 Å². The zero-order valence-corrected chi connectivity index (χ0v) is 10.8. The number of anilines is 1. The second kappa shape index (κ2) is 5.57. The molecule has 2 aromatic carbocycles. The first-order chi connectivity index (χ1) is 9.80. The molecule has 3 N–H and O–H groups in total. The maximum Gasteiger partial charge on any atom is 0.416 e. The minimum Gasteiger partial charge on any atom is -0.398 e. The molecular formula is C15H12F3NO2. The SMILES string of the molecule is Nc1cc(C(F)(F)F)ccc1C(=O)C(O)c1ccccc1. The third-order valence-corrected chi connectivity index (χ3v) is 3.01. The van der Waals surface area contributed by atoms with Crippen LogP contribution in [0.3, 0.4) is 0 Å². The van der Waals surface area contributed by atoms with Crippen LogP contribution in [0.2, 0.25) is 0 Å². The van der Waals surface area contributed by atoms with E-state index in [1.54, 1.807) is 30.3 Å². The molecule has 0 aliphatic heterocycles. The topological polar surface area (TPSA) is 63.3 Å². The molecule has 2 rings (SSSR count). The highest BCUT2D eigenvalue weighted by molar-refractivity contribution is 6.04. The summed E-state index contributed by atoms with van der Waals surface area (Å²) in [6.45, 7) is 0. The van der Waals surface area contributed by atoms with E-state index in [2.05, 4.69) is 0 Å². The number of carbonyl (C=O) groups excluding carboxylic acids is 1. The fraction of sp³-hybridized carbons (Fsp3) is 0.133. The molecule has 0 amide bonds. The van der Waals surface area contributed by atoms with E-state index in [1.807, 2.05) is 0 Å². The molecule has 0 saturated carbocycles. The fourth-order valence-corrected chi connectivity index (χ4v) is 1.90. The Balaban J connectivity index is 2.32. The summed E-state index contributed by atoms with van der Waals surface area (Å²) in [6.07, 6.45) is -6.00. The summed E-state index contributed by atoms with van der Waals surface area (Å²) in [7, 11) is 0. The average molecular weight is 295 g/mol. The maximum atomic E-state index is 12.5. The second-order valence-electron chi connectivity index (χ2n) is 4.48. The molecule has 6 heteroatoms. The number of halogens is 3. The number of Topliss-reactive ketones (excluding diaryl/α,β-unsaturated/α-hetero) is 1. The normalized spacial score (nSPS) is 13.0. The van der Waals surface area contributed by atoms with Gasteiger partial charge in [-0.1, -0.05) is 30.3 Å². The van der Waals surface area contributed by atoms with Crippen molar-refractivity contribution in [1.82, 2.24) is 0 Å². The number of aliphatic hydroxyl groups excluding tert-OH is 1. The number of benzene rings is 2. The summed E-state index contributed by atoms with van der Waals surface area (Å²) in [5, 5.41) is 9.97. The standard InChI is InChI=1S/C15H12F3NO2/c16-15(17,18)10-6-7-11(12(19)8-10)14(21)13(20)9-4-2-1-3-5-9/h1-8,13,20H,19H2. The summed E-state index contributed by atoms with van der Waals surface area (Å²) in [5.74, 6) is -0.743. The zero-order chi connectivity index (χ0) is 15.6. The van der Waals surface area contributed by atoms with Crippen molar-refractivity contribution in [3.8, 4) is 0 Å². The molecule has 0 aliphatic carbocycles. The summed E-state index contributed by atoms with van der Waals surface area (Å²) in [5.41, 5.74) is 4.46. The second-order valence-corrected chi connectivity index (χ2v) is 4.48. The first kappa shape index (κ1) is 15.1. The van der Waals surface area contributed by atoms with Crippen LogP contribution in [-0.2, 0) is 6.18 Å². The van der Waals surface area contributed by atoms with E-state index < -0.39 is 23.6 Å². The molecule has 0 fully saturated rings. The van der Waals surface area contributed by atoms with Crippen molar-refractivity contribution < 1.29 is 23.1 Å². The smallest absolute Gasteiger partial charge is 0.398 e. The van der Waals surface area contributed by atoms with Crippen molar-refractivity contribution >= 4 is 11.5 Å². The quantitative estimate of drug-likeness (QED) is 0.675. The van der Waals surface area contributed by atoms with E-state index in [-0.39, 0.29) is 11.3 Å². The van der Waals surface area contributed by atoms with Gasteiger partial charge in [0, 0.05) is 11.3 Å². The molecule has 0 aromatic heterocycles. The van der Waals surface area contributed by atoms with Crippen LogP contribution in [0.5, 0.6) is 0 Å². The van der Waals surface area contributed by atoms with Crippen LogP contribution in [0.1, 0.15) is 27.6 Å². The van der Waals surface area contributed by atoms with E-state index in [0.717, 1.165) is 12.1 Å². The van der Waals surface area contributed by atoms with Gasteiger partial charge in [0.25, 0.3) is 0 Å². The molecule has 0 aliphatic rings. The van der Waals surface area contributed by atoms with Crippen molar-refractivity contribution in [2.24, 2.45) is 0 Å². The monoisotopic (exact) mass is 295 g/mol. The molecule has 1 atom stereocenters. The summed E-state index contributed by atoms with van der Waals surface area (Å²) < 4.78 is 37.6. The third-order valence-electron chi connectivity index (χ3n) is 3.01. The first-order valence-electron chi connectivity index (χ1n) is 6.04. The zero-order valence-electron chi connectivity index (χ0n) is 10.8. The van der Waals surface area contributed by atoms with E-state index in [1.165, 1.54) is 0 Å². The Morgan fingerprint density at radius 3 is 2.24 bits per heavy atom. The van der Waals surface area contributed by atoms with Gasteiger partial charge in [0.15, 0.2) is 5.78 Å². The van der Waals surface area contributed by atoms with Gasteiger partial charge in [0.1, 0.15) is 6.10 Å². The van der Waals surface area contributed by atoms with Gasteiger partial charge >= 0.3 is 6.18 Å². The molecule has 0 heterocycles. The molecular weight excluding hydrogens is 283 g/mol. The molecule has 0 bridgehead atoms. The van der Waals surface area contributed by atoms with Crippen LogP contribution in [-0.4, -0.2) is 10.9 Å². The van der Waals surface area contributed by atoms with Crippen LogP contribution in [0, 0.1) is 0 Å². The Bertz CT molecular complexity index is 654. The van der Waals surface area contributed by atoms with E-state index in [4.69, 9.17) is 5.73 Å². The number of ketones is 1. The van der Waals surface area contributed by atoms with Crippen molar-refractivity contribution in [3.63, 3.8) is 0 Å². The molecule has 3 nitrogen and oxygen atoms in total. The fourth-order valence-electron chi connectivity index (χ4n) is 1.90. The Morgan fingerprint density at radius 1 is 1.10 bits per heavy atom. The number of aliphatic hydroxyl groups is 1. The molecule has 0 spiro atoms. The molecule has 1 unspecified atom stereocenters. The Kier molecular flexibility index (Phi) is 3.99. The highest BCUT2D eigenvalue weighted by Gasteiger charge is 2.31. The number of nitrogens with two attached hydrogens (primary N) is 1. The average Bonchev–Trinajstić information content (AvgIpc) is 2.45. The van der Waals surface area contributed by atoms with Crippen molar-refractivity contribution in [3.05, 3.63) is 65.2 Å². The summed E-state index contributed by atoms with van der Waals surface area (Å²) >= 11 is 0. The summed E-state index contributed by atoms with van der Waals surface area (Å²) in [4.78, 5) is 12.1. The Morgan fingerprint density at radius 2 is 1.71 bits per heavy atom. The number of carbonyl (C=O) groups is 1. The van der Waals surface area contributed by atoms with Crippen LogP contribution >= 0.6 is 0 Å². The lowest BCUT2D eigenvalue weighted by Crippen LogP contribution is -2.15. The van der Waals surface area contributed by atoms with Crippen LogP contribution < -0.4 is 5.73 Å². The van der Waals surface area contributed by atoms with Crippen LogP contribution in [0.4, 0.5) is 18.9 Å². The van der Waals surface area contributed by atoms with Gasteiger partial charge in [-0.3, -0.25) is 4.79 Å². The van der Waals surface area contributed by atoms with Crippen LogP contribution in [0.25, 0.3) is 0 Å². The molecule has 21 heavy (non-hydrogen) atoms. The predicted octanol–water partition coefficient (Wildman–Crippen LogP) is 3.20. The third kappa shape index (κ3) is 3.22. The van der Waals surface area contributed by atoms with Crippen LogP contribution in [0.15, 0.2) is 48.5 Å². The van der Waals surface area contributed by atoms with E-state index in [0.29, 0.717) is 11.6 Å². The lowest BCUT2D eigenvalue weighted by Gasteiger charge is -2.13. The lowest BCUT2D eigenvalue weighted by atomic mass is 9.97. The first-order valence-corrected chi connectivity index (χ1v) is 6.04. The number of rotatable bonds is 3. The molecule has 0 saturated heterocycles. The largest absolute Gasteiger partial charge is 0.416 e. The number of nitrogen functional groups attached to an aromatic ring is 1. The number of hydrogen-bond donors (Lipinski definition) is 2. The van der Waals surface area contributed by atoms with Gasteiger partial charge < -0.3 is 10.8 Å². The lowest BCUT2D eigenvalue weighted by molar-refractivity contribution is -0.137. The number of alkyl halides is 3.